The molecular weight excluding hydrogens is 222 g/mol. The minimum Gasteiger partial charge on any atom is -0.290 e. The Kier molecular flexibility index (Phi) is 5.28. The molecule has 0 spiro atoms. The number of amides is 1. The number of nitrogens with two attached hydrogens (primary N) is 1. The van der Waals surface area contributed by atoms with E-state index in [1.54, 1.807) is 12.3 Å². The number of carbonyl (C=O) groups excluding carboxylic acids is 1. The number of hydrazine groups is 1. The highest BCUT2D eigenvalue weighted by molar-refractivity contribution is 7.99. The largest absolute Gasteiger partial charge is 0.290 e. The van der Waals surface area contributed by atoms with E-state index in [9.17, 15) is 4.79 Å². The van der Waals surface area contributed by atoms with Crippen molar-refractivity contribution in [1.29, 1.82) is 0 Å². The summed E-state index contributed by atoms with van der Waals surface area (Å²) in [5.41, 5.74) is 3.55. The second kappa shape index (κ2) is 6.50. The normalized spacial score (nSPS) is 12.2. The number of thioether (sulfide) groups is 1. The molecule has 3 N–H and O–H groups in total. The Bertz CT molecular complexity index is 340. The molecular formula is C11H17N3OS. The van der Waals surface area contributed by atoms with Gasteiger partial charge in [-0.25, -0.2) is 5.84 Å². The van der Waals surface area contributed by atoms with E-state index in [0.717, 1.165) is 17.9 Å². The van der Waals surface area contributed by atoms with Crippen LogP contribution in [0.15, 0.2) is 18.3 Å². The Morgan fingerprint density at radius 1 is 1.62 bits per heavy atom. The van der Waals surface area contributed by atoms with Crippen molar-refractivity contribution in [2.75, 3.05) is 0 Å². The Balaban J connectivity index is 2.54. The molecule has 0 aromatic carbocycles. The van der Waals surface area contributed by atoms with Gasteiger partial charge in [-0.05, 0) is 18.6 Å². The van der Waals surface area contributed by atoms with Crippen LogP contribution in [0.4, 0.5) is 0 Å². The third-order valence-corrected chi connectivity index (χ3v) is 3.67. The van der Waals surface area contributed by atoms with Gasteiger partial charge in [-0.2, -0.15) is 11.8 Å². The molecule has 0 saturated carbocycles. The number of nitrogens with zero attached hydrogens (tertiary/aromatic N) is 1. The summed E-state index contributed by atoms with van der Waals surface area (Å²) in [6, 6.07) is 3.60. The third-order valence-electron chi connectivity index (χ3n) is 2.31. The van der Waals surface area contributed by atoms with Gasteiger partial charge in [0.2, 0.25) is 0 Å². The first-order chi connectivity index (χ1) is 7.67. The fourth-order valence-corrected chi connectivity index (χ4v) is 1.93. The predicted molar refractivity (Wildman–Crippen MR) is 66.9 cm³/mol. The zero-order chi connectivity index (χ0) is 12.0. The van der Waals surface area contributed by atoms with Gasteiger partial charge >= 0.3 is 0 Å². The van der Waals surface area contributed by atoms with Crippen LogP contribution in [0.3, 0.4) is 0 Å². The minimum absolute atomic E-state index is 0.311. The molecule has 0 saturated heterocycles. The van der Waals surface area contributed by atoms with Crippen LogP contribution in [0.2, 0.25) is 0 Å². The maximum absolute atomic E-state index is 11.2. The molecule has 5 heteroatoms. The molecule has 1 unspecified atom stereocenters. The first-order valence-corrected chi connectivity index (χ1v) is 6.29. The van der Waals surface area contributed by atoms with Crippen molar-refractivity contribution >= 4 is 17.7 Å². The molecule has 1 atom stereocenters. The first-order valence-electron chi connectivity index (χ1n) is 5.24. The number of aromatic nitrogens is 1. The van der Waals surface area contributed by atoms with Crippen molar-refractivity contribution in [3.05, 3.63) is 29.6 Å². The molecule has 1 rings (SSSR count). The number of hydrogen-bond donors (Lipinski definition) is 2. The molecule has 1 heterocycles. The van der Waals surface area contributed by atoms with Crippen LogP contribution in [0, 0.1) is 0 Å². The van der Waals surface area contributed by atoms with Crippen LogP contribution in [0.1, 0.15) is 36.3 Å². The smallest absolute Gasteiger partial charge is 0.266 e. The molecule has 1 aromatic heterocycles. The quantitative estimate of drug-likeness (QED) is 0.466. The van der Waals surface area contributed by atoms with Gasteiger partial charge in [0, 0.05) is 17.2 Å². The van der Waals surface area contributed by atoms with Gasteiger partial charge in [-0.15, -0.1) is 0 Å². The average Bonchev–Trinajstić information content (AvgIpc) is 2.35. The van der Waals surface area contributed by atoms with Crippen molar-refractivity contribution < 1.29 is 4.79 Å². The topological polar surface area (TPSA) is 68.0 Å². The fourth-order valence-electron chi connectivity index (χ4n) is 1.07. The van der Waals surface area contributed by atoms with E-state index in [4.69, 9.17) is 5.84 Å². The number of nitrogens with one attached hydrogen (secondary N) is 1. The Hall–Kier alpha value is -1.07. The summed E-state index contributed by atoms with van der Waals surface area (Å²) < 4.78 is 0. The van der Waals surface area contributed by atoms with Crippen molar-refractivity contribution in [2.45, 2.75) is 31.3 Å². The molecule has 0 aliphatic carbocycles. The van der Waals surface area contributed by atoms with Crippen LogP contribution in [0.5, 0.6) is 0 Å². The molecule has 0 bridgehead atoms. The van der Waals surface area contributed by atoms with E-state index >= 15 is 0 Å². The van der Waals surface area contributed by atoms with Gasteiger partial charge in [-0.1, -0.05) is 13.8 Å². The lowest BCUT2D eigenvalue weighted by molar-refractivity contribution is 0.0953. The third kappa shape index (κ3) is 3.83. The molecule has 1 aromatic rings. The van der Waals surface area contributed by atoms with Gasteiger partial charge in [0.1, 0.15) is 0 Å². The highest BCUT2D eigenvalue weighted by Gasteiger charge is 2.05. The second-order valence-electron chi connectivity index (χ2n) is 3.54. The van der Waals surface area contributed by atoms with E-state index in [1.807, 2.05) is 17.8 Å². The molecule has 0 aliphatic rings. The lowest BCUT2D eigenvalue weighted by Crippen LogP contribution is -2.30. The summed E-state index contributed by atoms with van der Waals surface area (Å²) >= 11 is 1.86. The number of rotatable bonds is 5. The molecule has 1 amide bonds. The maximum atomic E-state index is 11.2. The number of hydrogen-bond acceptors (Lipinski definition) is 4. The van der Waals surface area contributed by atoms with E-state index < -0.39 is 0 Å². The molecule has 0 fully saturated rings. The molecule has 16 heavy (non-hydrogen) atoms. The first kappa shape index (κ1) is 13.0. The summed E-state index contributed by atoms with van der Waals surface area (Å²) in [6.07, 6.45) is 2.70. The highest BCUT2D eigenvalue weighted by Crippen LogP contribution is 2.18. The average molecular weight is 239 g/mol. The van der Waals surface area contributed by atoms with Gasteiger partial charge in [-0.3, -0.25) is 15.2 Å². The van der Waals surface area contributed by atoms with Crippen LogP contribution < -0.4 is 11.3 Å². The summed E-state index contributed by atoms with van der Waals surface area (Å²) in [6.45, 7) is 4.36. The predicted octanol–water partition coefficient (Wildman–Crippen LogP) is 1.72. The van der Waals surface area contributed by atoms with E-state index in [0.29, 0.717) is 10.8 Å². The standard InChI is InChI=1S/C11H17N3OS/c1-3-8(2)16-7-10-5-4-9(6-13-10)11(15)14-12/h4-6,8H,3,7,12H2,1-2H3,(H,14,15). The van der Waals surface area contributed by atoms with Crippen LogP contribution in [-0.4, -0.2) is 16.1 Å². The van der Waals surface area contributed by atoms with Crippen molar-refractivity contribution in [2.24, 2.45) is 5.84 Å². The summed E-state index contributed by atoms with van der Waals surface area (Å²) in [4.78, 5) is 15.4. The lowest BCUT2D eigenvalue weighted by atomic mass is 10.2. The van der Waals surface area contributed by atoms with Crippen LogP contribution in [0.25, 0.3) is 0 Å². The number of nitrogen functional groups attached to an aromatic ring is 1. The zero-order valence-electron chi connectivity index (χ0n) is 9.56. The number of carbonyl (C=O) groups is 1. The van der Waals surface area contributed by atoms with Crippen LogP contribution >= 0.6 is 11.8 Å². The van der Waals surface area contributed by atoms with E-state index in [2.05, 4.69) is 24.3 Å². The van der Waals surface area contributed by atoms with Gasteiger partial charge in [0.05, 0.1) is 11.3 Å². The van der Waals surface area contributed by atoms with E-state index in [1.165, 1.54) is 0 Å². The zero-order valence-corrected chi connectivity index (χ0v) is 10.4. The number of pyridine rings is 1. The van der Waals surface area contributed by atoms with Gasteiger partial charge < -0.3 is 0 Å². The second-order valence-corrected chi connectivity index (χ2v) is 4.97. The van der Waals surface area contributed by atoms with Crippen molar-refractivity contribution in [3.63, 3.8) is 0 Å². The highest BCUT2D eigenvalue weighted by atomic mass is 32.2. The van der Waals surface area contributed by atoms with Crippen molar-refractivity contribution in [1.82, 2.24) is 10.4 Å². The Morgan fingerprint density at radius 3 is 2.88 bits per heavy atom. The van der Waals surface area contributed by atoms with Crippen LogP contribution in [-0.2, 0) is 5.75 Å². The monoisotopic (exact) mass is 239 g/mol. The molecule has 4 nitrogen and oxygen atoms in total. The Morgan fingerprint density at radius 2 is 2.38 bits per heavy atom. The molecule has 0 radical (unpaired) electrons. The Labute approximate surface area is 100.0 Å². The van der Waals surface area contributed by atoms with Gasteiger partial charge in [0.15, 0.2) is 0 Å². The molecule has 88 valence electrons. The summed E-state index contributed by atoms with van der Waals surface area (Å²) in [5, 5.41) is 0.633. The van der Waals surface area contributed by atoms with E-state index in [-0.39, 0.29) is 5.91 Å². The molecule has 0 aliphatic heterocycles. The van der Waals surface area contributed by atoms with Crippen molar-refractivity contribution in [3.8, 4) is 0 Å². The summed E-state index contributed by atoms with van der Waals surface area (Å²) in [5.74, 6) is 5.59. The minimum atomic E-state index is -0.311. The SMILES string of the molecule is CCC(C)SCc1ccc(C(=O)NN)cn1. The maximum Gasteiger partial charge on any atom is 0.266 e. The lowest BCUT2D eigenvalue weighted by Gasteiger charge is -2.07. The van der Waals surface area contributed by atoms with Gasteiger partial charge in [0.25, 0.3) is 5.91 Å². The fraction of sp³-hybridized carbons (Fsp3) is 0.455. The summed E-state index contributed by atoms with van der Waals surface area (Å²) in [7, 11) is 0.